The Bertz CT molecular complexity index is 470. The van der Waals surface area contributed by atoms with Crippen LogP contribution in [0.2, 0.25) is 5.02 Å². The molecule has 0 aliphatic heterocycles. The summed E-state index contributed by atoms with van der Waals surface area (Å²) in [6, 6.07) is 1.96. The minimum absolute atomic E-state index is 0.660. The zero-order valence-electron chi connectivity index (χ0n) is 6.26. The van der Waals surface area contributed by atoms with E-state index in [4.69, 9.17) is 11.6 Å². The molecule has 0 fully saturated rings. The second-order valence-corrected chi connectivity index (χ2v) is 4.85. The summed E-state index contributed by atoms with van der Waals surface area (Å²) in [5, 5.41) is 1.63. The predicted octanol–water partition coefficient (Wildman–Crippen LogP) is 3.65. The minimum atomic E-state index is 0.660. The number of halogens is 3. The molecule has 0 aliphatic carbocycles. The molecule has 0 amide bonds. The Morgan fingerprint density at radius 1 is 1.31 bits per heavy atom. The van der Waals surface area contributed by atoms with Crippen molar-refractivity contribution in [3.05, 3.63) is 31.5 Å². The van der Waals surface area contributed by atoms with E-state index in [0.29, 0.717) is 5.02 Å². The molecule has 0 saturated carbocycles. The zero-order chi connectivity index (χ0) is 9.42. The largest absolute Gasteiger partial charge is 0.235 e. The third kappa shape index (κ3) is 1.80. The van der Waals surface area contributed by atoms with Crippen LogP contribution in [0, 0.1) is 3.57 Å². The zero-order valence-corrected chi connectivity index (χ0v) is 10.8. The molecular formula is C8H3BrClIN2. The first kappa shape index (κ1) is 9.61. The molecule has 0 N–H and O–H groups in total. The van der Waals surface area contributed by atoms with Crippen molar-refractivity contribution in [2.45, 2.75) is 0 Å². The third-order valence-corrected chi connectivity index (χ3v) is 3.78. The van der Waals surface area contributed by atoms with Gasteiger partial charge in [-0.1, -0.05) is 11.6 Å². The van der Waals surface area contributed by atoms with E-state index in [9.17, 15) is 0 Å². The van der Waals surface area contributed by atoms with E-state index in [1.165, 1.54) is 0 Å². The second kappa shape index (κ2) is 3.67. The molecular weight excluding hydrogens is 366 g/mol. The molecule has 13 heavy (non-hydrogen) atoms. The highest BCUT2D eigenvalue weighted by Crippen LogP contribution is 2.26. The van der Waals surface area contributed by atoms with Crippen LogP contribution in [0.3, 0.4) is 0 Å². The Morgan fingerprint density at radius 3 is 2.77 bits per heavy atom. The highest BCUT2D eigenvalue weighted by atomic mass is 127. The van der Waals surface area contributed by atoms with Crippen molar-refractivity contribution in [1.29, 1.82) is 0 Å². The van der Waals surface area contributed by atoms with Crippen molar-refractivity contribution >= 4 is 61.2 Å². The lowest BCUT2D eigenvalue weighted by atomic mass is 10.3. The van der Waals surface area contributed by atoms with E-state index in [-0.39, 0.29) is 0 Å². The van der Waals surface area contributed by atoms with Gasteiger partial charge in [-0.2, -0.15) is 0 Å². The molecule has 0 aromatic carbocycles. The van der Waals surface area contributed by atoms with Crippen LogP contribution >= 0.6 is 50.1 Å². The molecule has 0 spiro atoms. The standard InChI is InChI=1S/C8H3BrClIN2/c9-4-1-5-7(11)6(10)3-13-8(5)12-2-4/h1-3H. The quantitative estimate of drug-likeness (QED) is 0.663. The van der Waals surface area contributed by atoms with E-state index in [1.807, 2.05) is 6.07 Å². The van der Waals surface area contributed by atoms with Crippen LogP contribution in [-0.4, -0.2) is 9.97 Å². The third-order valence-electron chi connectivity index (χ3n) is 1.58. The van der Waals surface area contributed by atoms with Gasteiger partial charge >= 0.3 is 0 Å². The van der Waals surface area contributed by atoms with Gasteiger partial charge in [0, 0.05) is 25.8 Å². The molecule has 2 nitrogen and oxygen atoms in total. The monoisotopic (exact) mass is 368 g/mol. The van der Waals surface area contributed by atoms with Crippen molar-refractivity contribution < 1.29 is 0 Å². The normalized spacial score (nSPS) is 10.7. The fraction of sp³-hybridized carbons (Fsp3) is 0. The van der Waals surface area contributed by atoms with Gasteiger partial charge in [0.2, 0.25) is 0 Å². The summed E-state index contributed by atoms with van der Waals surface area (Å²) in [4.78, 5) is 8.28. The van der Waals surface area contributed by atoms with Gasteiger partial charge in [0.25, 0.3) is 0 Å². The molecule has 0 radical (unpaired) electrons. The fourth-order valence-corrected chi connectivity index (χ4v) is 2.02. The molecule has 2 aromatic rings. The van der Waals surface area contributed by atoms with Gasteiger partial charge in [-0.05, 0) is 44.6 Å². The van der Waals surface area contributed by atoms with Crippen molar-refractivity contribution in [3.63, 3.8) is 0 Å². The summed E-state index contributed by atoms with van der Waals surface area (Å²) in [6.45, 7) is 0. The Hall–Kier alpha value is 0.0600. The first-order chi connectivity index (χ1) is 6.18. The summed E-state index contributed by atoms with van der Waals surface area (Å²) in [6.07, 6.45) is 3.34. The van der Waals surface area contributed by atoms with E-state index >= 15 is 0 Å². The Morgan fingerprint density at radius 2 is 2.00 bits per heavy atom. The number of rotatable bonds is 0. The second-order valence-electron chi connectivity index (χ2n) is 2.44. The first-order valence-corrected chi connectivity index (χ1v) is 5.68. The highest BCUT2D eigenvalue weighted by Gasteiger charge is 2.05. The lowest BCUT2D eigenvalue weighted by Crippen LogP contribution is -1.87. The van der Waals surface area contributed by atoms with Crippen molar-refractivity contribution in [2.24, 2.45) is 0 Å². The maximum atomic E-state index is 5.93. The van der Waals surface area contributed by atoms with Gasteiger partial charge in [0.15, 0.2) is 5.65 Å². The average molecular weight is 369 g/mol. The first-order valence-electron chi connectivity index (χ1n) is 3.44. The maximum Gasteiger partial charge on any atom is 0.160 e. The number of hydrogen-bond donors (Lipinski definition) is 0. The van der Waals surface area contributed by atoms with Crippen molar-refractivity contribution in [2.75, 3.05) is 0 Å². The van der Waals surface area contributed by atoms with Crippen LogP contribution in [0.5, 0.6) is 0 Å². The van der Waals surface area contributed by atoms with E-state index in [1.54, 1.807) is 12.4 Å². The summed E-state index contributed by atoms with van der Waals surface area (Å²) >= 11 is 11.5. The molecule has 66 valence electrons. The van der Waals surface area contributed by atoms with Crippen LogP contribution in [0.4, 0.5) is 0 Å². The summed E-state index contributed by atoms with van der Waals surface area (Å²) < 4.78 is 1.92. The summed E-state index contributed by atoms with van der Waals surface area (Å²) in [7, 11) is 0. The molecule has 0 atom stereocenters. The Balaban J connectivity index is 2.89. The minimum Gasteiger partial charge on any atom is -0.235 e. The topological polar surface area (TPSA) is 25.8 Å². The lowest BCUT2D eigenvalue weighted by Gasteiger charge is -2.00. The molecule has 0 aliphatic rings. The molecule has 0 unspecified atom stereocenters. The smallest absolute Gasteiger partial charge is 0.160 e. The van der Waals surface area contributed by atoms with Crippen LogP contribution < -0.4 is 0 Å². The average Bonchev–Trinajstić information content (AvgIpc) is 2.12. The summed E-state index contributed by atoms with van der Waals surface area (Å²) in [5.41, 5.74) is 0.719. The Labute approximate surface area is 102 Å². The SMILES string of the molecule is Clc1cnc2ncc(Br)cc2c1I. The van der Waals surface area contributed by atoms with Gasteiger partial charge in [-0.25, -0.2) is 9.97 Å². The van der Waals surface area contributed by atoms with Gasteiger partial charge in [-0.3, -0.25) is 0 Å². The number of pyridine rings is 2. The number of aromatic nitrogens is 2. The Kier molecular flexibility index (Phi) is 2.71. The number of fused-ring (bicyclic) bond motifs is 1. The van der Waals surface area contributed by atoms with Crippen LogP contribution in [0.25, 0.3) is 11.0 Å². The van der Waals surface area contributed by atoms with E-state index < -0.39 is 0 Å². The van der Waals surface area contributed by atoms with Gasteiger partial charge < -0.3 is 0 Å². The fourth-order valence-electron chi connectivity index (χ4n) is 1.000. The molecule has 0 saturated heterocycles. The molecule has 0 bridgehead atoms. The van der Waals surface area contributed by atoms with E-state index in [0.717, 1.165) is 19.1 Å². The molecule has 5 heteroatoms. The van der Waals surface area contributed by atoms with Crippen LogP contribution in [0.1, 0.15) is 0 Å². The summed E-state index contributed by atoms with van der Waals surface area (Å²) in [5.74, 6) is 0. The van der Waals surface area contributed by atoms with Crippen molar-refractivity contribution in [3.8, 4) is 0 Å². The molecule has 2 heterocycles. The maximum absolute atomic E-state index is 5.93. The van der Waals surface area contributed by atoms with Crippen LogP contribution in [-0.2, 0) is 0 Å². The van der Waals surface area contributed by atoms with Gasteiger partial charge in [0.1, 0.15) is 0 Å². The number of hydrogen-bond acceptors (Lipinski definition) is 2. The number of nitrogens with zero attached hydrogens (tertiary/aromatic N) is 2. The predicted molar refractivity (Wildman–Crippen MR) is 65.0 cm³/mol. The lowest BCUT2D eigenvalue weighted by molar-refractivity contribution is 1.27. The van der Waals surface area contributed by atoms with Gasteiger partial charge in [0.05, 0.1) is 5.02 Å². The van der Waals surface area contributed by atoms with Gasteiger partial charge in [-0.15, -0.1) is 0 Å². The van der Waals surface area contributed by atoms with Crippen LogP contribution in [0.15, 0.2) is 22.9 Å². The van der Waals surface area contributed by atoms with E-state index in [2.05, 4.69) is 48.5 Å². The van der Waals surface area contributed by atoms with Crippen molar-refractivity contribution in [1.82, 2.24) is 9.97 Å². The highest BCUT2D eigenvalue weighted by molar-refractivity contribution is 14.1. The molecule has 2 rings (SSSR count). The molecule has 2 aromatic heterocycles.